The number of hydrogen-bond donors (Lipinski definition) is 1. The first kappa shape index (κ1) is 18.9. The summed E-state index contributed by atoms with van der Waals surface area (Å²) in [7, 11) is 0. The number of carbonyl (C=O) groups excluding carboxylic acids is 2. The molecule has 1 atom stereocenters. The molecule has 1 aromatic rings. The Bertz CT molecular complexity index is 590. The molecule has 0 fully saturated rings. The molecule has 0 aliphatic heterocycles. The van der Waals surface area contributed by atoms with Crippen LogP contribution in [-0.2, 0) is 27.2 Å². The highest BCUT2D eigenvalue weighted by molar-refractivity contribution is 7.15. The van der Waals surface area contributed by atoms with E-state index in [2.05, 4.69) is 10.3 Å². The largest absolute Gasteiger partial charge is 0.460 e. The molecular formula is C18H28N2O3S. The van der Waals surface area contributed by atoms with Crippen LogP contribution in [-0.4, -0.2) is 22.5 Å². The van der Waals surface area contributed by atoms with Crippen molar-refractivity contribution in [3.8, 4) is 0 Å². The lowest BCUT2D eigenvalue weighted by Gasteiger charge is -2.22. The highest BCUT2D eigenvalue weighted by Gasteiger charge is 2.21. The molecule has 0 saturated carbocycles. The molecule has 1 heterocycles. The number of hydrogen-bond acceptors (Lipinski definition) is 5. The van der Waals surface area contributed by atoms with Crippen LogP contribution < -0.4 is 5.32 Å². The van der Waals surface area contributed by atoms with Crippen molar-refractivity contribution >= 4 is 28.3 Å². The van der Waals surface area contributed by atoms with Crippen LogP contribution in [0.25, 0.3) is 0 Å². The van der Waals surface area contributed by atoms with Gasteiger partial charge in [0.2, 0.25) is 5.91 Å². The van der Waals surface area contributed by atoms with Crippen molar-refractivity contribution in [2.24, 2.45) is 5.92 Å². The predicted octanol–water partition coefficient (Wildman–Crippen LogP) is 4.11. The Balaban J connectivity index is 1.86. The summed E-state index contributed by atoms with van der Waals surface area (Å²) in [6.45, 7) is 7.21. The SMILES string of the molecule is CC(=O)Nc1nc2c(s1)CCCC(CCC(=O)OC(C)(C)C)CC2. The van der Waals surface area contributed by atoms with Gasteiger partial charge in [-0.2, -0.15) is 0 Å². The minimum absolute atomic E-state index is 0.0769. The van der Waals surface area contributed by atoms with Crippen molar-refractivity contribution in [3.05, 3.63) is 10.6 Å². The minimum atomic E-state index is -0.409. The third kappa shape index (κ3) is 6.23. The van der Waals surface area contributed by atoms with E-state index < -0.39 is 5.60 Å². The molecule has 1 N–H and O–H groups in total. The number of aryl methyl sites for hydroxylation is 2. The van der Waals surface area contributed by atoms with Gasteiger partial charge in [0, 0.05) is 18.2 Å². The third-order valence-electron chi connectivity index (χ3n) is 4.04. The molecule has 0 saturated heterocycles. The van der Waals surface area contributed by atoms with E-state index in [4.69, 9.17) is 4.74 Å². The van der Waals surface area contributed by atoms with Gasteiger partial charge in [0.1, 0.15) is 5.60 Å². The normalized spacial score (nSPS) is 18.2. The van der Waals surface area contributed by atoms with E-state index in [9.17, 15) is 9.59 Å². The first-order chi connectivity index (χ1) is 11.2. The fraction of sp³-hybridized carbons (Fsp3) is 0.722. The number of thiazole rings is 1. The van der Waals surface area contributed by atoms with Crippen LogP contribution in [0.4, 0.5) is 5.13 Å². The van der Waals surface area contributed by atoms with E-state index in [0.29, 0.717) is 17.5 Å². The number of esters is 1. The molecule has 1 aliphatic carbocycles. The number of anilines is 1. The van der Waals surface area contributed by atoms with Crippen LogP contribution in [0.1, 0.15) is 70.4 Å². The van der Waals surface area contributed by atoms with Crippen molar-refractivity contribution in [2.45, 2.75) is 78.2 Å². The Morgan fingerprint density at radius 3 is 2.71 bits per heavy atom. The number of carbonyl (C=O) groups is 2. The summed E-state index contributed by atoms with van der Waals surface area (Å²) < 4.78 is 5.39. The van der Waals surface area contributed by atoms with Gasteiger partial charge in [-0.3, -0.25) is 9.59 Å². The van der Waals surface area contributed by atoms with E-state index in [1.165, 1.54) is 11.8 Å². The lowest BCUT2D eigenvalue weighted by atomic mass is 9.89. The molecule has 24 heavy (non-hydrogen) atoms. The average molecular weight is 353 g/mol. The summed E-state index contributed by atoms with van der Waals surface area (Å²) in [6, 6.07) is 0. The van der Waals surface area contributed by atoms with Crippen LogP contribution in [0.5, 0.6) is 0 Å². The van der Waals surface area contributed by atoms with Crippen molar-refractivity contribution in [3.63, 3.8) is 0 Å². The third-order valence-corrected chi connectivity index (χ3v) is 5.12. The maximum absolute atomic E-state index is 11.9. The van der Waals surface area contributed by atoms with Gasteiger partial charge in [0.05, 0.1) is 5.69 Å². The molecule has 6 heteroatoms. The van der Waals surface area contributed by atoms with Crippen LogP contribution >= 0.6 is 11.3 Å². The fourth-order valence-corrected chi connectivity index (χ4v) is 4.11. The van der Waals surface area contributed by atoms with E-state index in [1.807, 2.05) is 20.8 Å². The second-order valence-corrected chi connectivity index (χ2v) is 8.58. The van der Waals surface area contributed by atoms with Gasteiger partial charge in [-0.05, 0) is 58.8 Å². The maximum Gasteiger partial charge on any atom is 0.306 e. The van der Waals surface area contributed by atoms with Gasteiger partial charge in [-0.25, -0.2) is 4.98 Å². The maximum atomic E-state index is 11.9. The number of fused-ring (bicyclic) bond motifs is 1. The molecule has 0 bridgehead atoms. The quantitative estimate of drug-likeness (QED) is 0.828. The summed E-state index contributed by atoms with van der Waals surface area (Å²) in [5.74, 6) is 0.357. The monoisotopic (exact) mass is 352 g/mol. The van der Waals surface area contributed by atoms with Crippen LogP contribution in [0.15, 0.2) is 0 Å². The van der Waals surface area contributed by atoms with E-state index in [1.54, 1.807) is 11.3 Å². The number of ether oxygens (including phenoxy) is 1. The van der Waals surface area contributed by atoms with E-state index in [-0.39, 0.29) is 11.9 Å². The molecule has 1 aromatic heterocycles. The standard InChI is InChI=1S/C18H28N2O3S/c1-12(21)19-17-20-14-10-8-13(6-5-7-15(14)24-17)9-11-16(22)23-18(2,3)4/h13H,5-11H2,1-4H3,(H,19,20,21). The van der Waals surface area contributed by atoms with Gasteiger partial charge >= 0.3 is 5.97 Å². The molecular weight excluding hydrogens is 324 g/mol. The molecule has 2 rings (SSSR count). The van der Waals surface area contributed by atoms with Gasteiger partial charge < -0.3 is 10.1 Å². The summed E-state index contributed by atoms with van der Waals surface area (Å²) in [5, 5.41) is 3.49. The van der Waals surface area contributed by atoms with Gasteiger partial charge in [-0.15, -0.1) is 11.3 Å². The first-order valence-electron chi connectivity index (χ1n) is 8.71. The molecule has 1 aliphatic rings. The Morgan fingerprint density at radius 1 is 1.29 bits per heavy atom. The molecule has 134 valence electrons. The molecule has 5 nitrogen and oxygen atoms in total. The number of aromatic nitrogens is 1. The number of nitrogens with one attached hydrogen (secondary N) is 1. The number of nitrogens with zero attached hydrogens (tertiary/aromatic N) is 1. The highest BCUT2D eigenvalue weighted by Crippen LogP contribution is 2.31. The lowest BCUT2D eigenvalue weighted by molar-refractivity contribution is -0.155. The highest BCUT2D eigenvalue weighted by atomic mass is 32.1. The van der Waals surface area contributed by atoms with Crippen LogP contribution in [0.3, 0.4) is 0 Å². The molecule has 1 unspecified atom stereocenters. The van der Waals surface area contributed by atoms with Gasteiger partial charge in [0.25, 0.3) is 0 Å². The van der Waals surface area contributed by atoms with Crippen LogP contribution in [0, 0.1) is 5.92 Å². The van der Waals surface area contributed by atoms with Gasteiger partial charge in [0.15, 0.2) is 5.13 Å². The van der Waals surface area contributed by atoms with Crippen molar-refractivity contribution < 1.29 is 14.3 Å². The topological polar surface area (TPSA) is 68.3 Å². The Morgan fingerprint density at radius 2 is 2.04 bits per heavy atom. The molecule has 1 amide bonds. The Labute approximate surface area is 148 Å². The summed E-state index contributed by atoms with van der Waals surface area (Å²) in [4.78, 5) is 28.9. The second kappa shape index (κ2) is 8.10. The molecule has 0 aromatic carbocycles. The summed E-state index contributed by atoms with van der Waals surface area (Å²) >= 11 is 1.59. The van der Waals surface area contributed by atoms with E-state index >= 15 is 0 Å². The minimum Gasteiger partial charge on any atom is -0.460 e. The second-order valence-electron chi connectivity index (χ2n) is 7.49. The average Bonchev–Trinajstić information content (AvgIpc) is 2.76. The van der Waals surface area contributed by atoms with E-state index in [0.717, 1.165) is 44.2 Å². The Hall–Kier alpha value is -1.43. The molecule has 0 spiro atoms. The smallest absolute Gasteiger partial charge is 0.306 e. The lowest BCUT2D eigenvalue weighted by Crippen LogP contribution is -2.24. The van der Waals surface area contributed by atoms with Crippen molar-refractivity contribution in [2.75, 3.05) is 5.32 Å². The van der Waals surface area contributed by atoms with Gasteiger partial charge in [-0.1, -0.05) is 6.42 Å². The molecule has 0 radical (unpaired) electrons. The van der Waals surface area contributed by atoms with Crippen LogP contribution in [0.2, 0.25) is 0 Å². The summed E-state index contributed by atoms with van der Waals surface area (Å²) in [5.41, 5.74) is 0.707. The summed E-state index contributed by atoms with van der Waals surface area (Å²) in [6.07, 6.45) is 6.58. The zero-order valence-electron chi connectivity index (χ0n) is 15.1. The first-order valence-corrected chi connectivity index (χ1v) is 9.52. The predicted molar refractivity (Wildman–Crippen MR) is 96.2 cm³/mol. The van der Waals surface area contributed by atoms with Crippen molar-refractivity contribution in [1.82, 2.24) is 4.98 Å². The Kier molecular flexibility index (Phi) is 6.38. The number of rotatable bonds is 4. The van der Waals surface area contributed by atoms with Crippen molar-refractivity contribution in [1.29, 1.82) is 0 Å². The number of amides is 1. The fourth-order valence-electron chi connectivity index (χ4n) is 3.02. The zero-order valence-corrected chi connectivity index (χ0v) is 15.9. The zero-order chi connectivity index (χ0) is 17.7.